The fourth-order valence-electron chi connectivity index (χ4n) is 1.91. The van der Waals surface area contributed by atoms with Crippen LogP contribution in [0.2, 0.25) is 5.02 Å². The van der Waals surface area contributed by atoms with Gasteiger partial charge in [0, 0.05) is 23.8 Å². The van der Waals surface area contributed by atoms with Crippen molar-refractivity contribution in [2.24, 2.45) is 0 Å². The zero-order chi connectivity index (χ0) is 14.7. The third-order valence-electron chi connectivity index (χ3n) is 3.21. The molecule has 5 nitrogen and oxygen atoms in total. The monoisotopic (exact) mass is 370 g/mol. The van der Waals surface area contributed by atoms with Gasteiger partial charge in [-0.05, 0) is 47.0 Å². The molecular formula is C14H16BrClN4O. The highest BCUT2D eigenvalue weighted by Crippen LogP contribution is 2.27. The van der Waals surface area contributed by atoms with Crippen molar-refractivity contribution >= 4 is 27.5 Å². The van der Waals surface area contributed by atoms with Crippen LogP contribution in [0, 0.1) is 0 Å². The van der Waals surface area contributed by atoms with E-state index in [1.807, 2.05) is 18.3 Å². The number of benzene rings is 1. The number of hydrogen-bond donors (Lipinski definition) is 1. The molecule has 1 aromatic heterocycles. The van der Waals surface area contributed by atoms with Gasteiger partial charge in [-0.2, -0.15) is 0 Å². The van der Waals surface area contributed by atoms with Crippen LogP contribution in [0.5, 0.6) is 5.75 Å². The fourth-order valence-corrected chi connectivity index (χ4v) is 2.70. The molecule has 1 aliphatic carbocycles. The van der Waals surface area contributed by atoms with Crippen LogP contribution in [0.1, 0.15) is 18.5 Å². The average Bonchev–Trinajstić information content (AvgIpc) is 3.18. The summed E-state index contributed by atoms with van der Waals surface area (Å²) in [6, 6.07) is 6.15. The first-order chi connectivity index (χ1) is 10.2. The van der Waals surface area contributed by atoms with Gasteiger partial charge in [0.2, 0.25) is 0 Å². The number of nitrogens with zero attached hydrogens (tertiary/aromatic N) is 3. The minimum atomic E-state index is 0.527. The first-order valence-corrected chi connectivity index (χ1v) is 8.08. The van der Waals surface area contributed by atoms with Crippen molar-refractivity contribution in [1.82, 2.24) is 20.3 Å². The molecule has 0 spiro atoms. The zero-order valence-corrected chi connectivity index (χ0v) is 13.8. The summed E-state index contributed by atoms with van der Waals surface area (Å²) in [7, 11) is 0. The molecule has 0 radical (unpaired) electrons. The lowest BCUT2D eigenvalue weighted by Gasteiger charge is -2.08. The van der Waals surface area contributed by atoms with E-state index in [9.17, 15) is 0 Å². The Morgan fingerprint density at radius 3 is 3.05 bits per heavy atom. The van der Waals surface area contributed by atoms with E-state index in [-0.39, 0.29) is 0 Å². The maximum Gasteiger partial charge on any atom is 0.133 e. The molecule has 1 aromatic carbocycles. The third kappa shape index (κ3) is 4.43. The van der Waals surface area contributed by atoms with Gasteiger partial charge in [0.25, 0.3) is 0 Å². The van der Waals surface area contributed by atoms with E-state index in [4.69, 9.17) is 16.3 Å². The molecular weight excluding hydrogens is 356 g/mol. The summed E-state index contributed by atoms with van der Waals surface area (Å²) in [5, 5.41) is 12.3. The molecule has 0 saturated heterocycles. The first kappa shape index (κ1) is 14.8. The SMILES string of the molecule is Clc1ccc(OCCn2cc(CNC3CC3)nn2)c(Br)c1. The largest absolute Gasteiger partial charge is 0.490 e. The zero-order valence-electron chi connectivity index (χ0n) is 11.4. The van der Waals surface area contributed by atoms with Crippen LogP contribution in [0.15, 0.2) is 28.9 Å². The summed E-state index contributed by atoms with van der Waals surface area (Å²) in [6.45, 7) is 1.97. The van der Waals surface area contributed by atoms with Crippen LogP contribution < -0.4 is 10.1 Å². The Morgan fingerprint density at radius 1 is 1.43 bits per heavy atom. The second-order valence-electron chi connectivity index (χ2n) is 5.05. The first-order valence-electron chi connectivity index (χ1n) is 6.91. The van der Waals surface area contributed by atoms with Gasteiger partial charge in [0.05, 0.1) is 16.7 Å². The van der Waals surface area contributed by atoms with Gasteiger partial charge in [-0.1, -0.05) is 16.8 Å². The number of hydrogen-bond acceptors (Lipinski definition) is 4. The van der Waals surface area contributed by atoms with Crippen LogP contribution in [-0.2, 0) is 13.1 Å². The van der Waals surface area contributed by atoms with E-state index in [2.05, 4.69) is 31.6 Å². The second-order valence-corrected chi connectivity index (χ2v) is 6.34. The number of aromatic nitrogens is 3. The van der Waals surface area contributed by atoms with Gasteiger partial charge in [0.15, 0.2) is 0 Å². The van der Waals surface area contributed by atoms with Crippen molar-refractivity contribution < 1.29 is 4.74 Å². The lowest BCUT2D eigenvalue weighted by atomic mass is 10.3. The van der Waals surface area contributed by atoms with E-state index >= 15 is 0 Å². The Bertz CT molecular complexity index is 615. The number of nitrogens with one attached hydrogen (secondary N) is 1. The van der Waals surface area contributed by atoms with Gasteiger partial charge in [-0.25, -0.2) is 4.68 Å². The fraction of sp³-hybridized carbons (Fsp3) is 0.429. The molecule has 1 saturated carbocycles. The van der Waals surface area contributed by atoms with Crippen LogP contribution in [-0.4, -0.2) is 27.6 Å². The van der Waals surface area contributed by atoms with Crippen molar-refractivity contribution in [3.05, 3.63) is 39.6 Å². The number of rotatable bonds is 7. The van der Waals surface area contributed by atoms with E-state index < -0.39 is 0 Å². The molecule has 7 heteroatoms. The third-order valence-corrected chi connectivity index (χ3v) is 4.06. The van der Waals surface area contributed by atoms with Crippen molar-refractivity contribution in [2.45, 2.75) is 32.0 Å². The van der Waals surface area contributed by atoms with Crippen molar-refractivity contribution in [2.75, 3.05) is 6.61 Å². The lowest BCUT2D eigenvalue weighted by Crippen LogP contribution is -2.15. The normalized spacial score (nSPS) is 14.4. The van der Waals surface area contributed by atoms with E-state index in [1.54, 1.807) is 10.7 Å². The van der Waals surface area contributed by atoms with E-state index in [0.717, 1.165) is 22.5 Å². The minimum Gasteiger partial charge on any atom is -0.490 e. The van der Waals surface area contributed by atoms with Crippen LogP contribution in [0.25, 0.3) is 0 Å². The van der Waals surface area contributed by atoms with Crippen LogP contribution >= 0.6 is 27.5 Å². The molecule has 21 heavy (non-hydrogen) atoms. The Morgan fingerprint density at radius 2 is 2.29 bits per heavy atom. The van der Waals surface area contributed by atoms with Crippen molar-refractivity contribution in [1.29, 1.82) is 0 Å². The predicted octanol–water partition coefficient (Wildman–Crippen LogP) is 3.03. The molecule has 0 unspecified atom stereocenters. The molecule has 1 aliphatic rings. The molecule has 0 bridgehead atoms. The maximum atomic E-state index is 5.89. The molecule has 1 N–H and O–H groups in total. The highest BCUT2D eigenvalue weighted by molar-refractivity contribution is 9.10. The Hall–Kier alpha value is -1.11. The molecule has 1 fully saturated rings. The maximum absolute atomic E-state index is 5.89. The topological polar surface area (TPSA) is 52.0 Å². The second kappa shape index (κ2) is 6.77. The molecule has 0 atom stereocenters. The Labute approximate surface area is 136 Å². The van der Waals surface area contributed by atoms with Gasteiger partial charge in [0.1, 0.15) is 12.4 Å². The molecule has 1 heterocycles. The quantitative estimate of drug-likeness (QED) is 0.813. The van der Waals surface area contributed by atoms with Gasteiger partial charge in [-0.3, -0.25) is 0 Å². The van der Waals surface area contributed by atoms with E-state index in [0.29, 0.717) is 24.2 Å². The molecule has 0 amide bonds. The highest BCUT2D eigenvalue weighted by Gasteiger charge is 2.20. The van der Waals surface area contributed by atoms with Crippen molar-refractivity contribution in [3.8, 4) is 5.75 Å². The predicted molar refractivity (Wildman–Crippen MR) is 84.5 cm³/mol. The van der Waals surface area contributed by atoms with Crippen LogP contribution in [0.4, 0.5) is 0 Å². The Balaban J connectivity index is 1.46. The van der Waals surface area contributed by atoms with Crippen LogP contribution in [0.3, 0.4) is 0 Å². The van der Waals surface area contributed by atoms with E-state index in [1.165, 1.54) is 12.8 Å². The molecule has 3 rings (SSSR count). The molecule has 0 aliphatic heterocycles. The summed E-state index contributed by atoms with van der Waals surface area (Å²) in [5.74, 6) is 0.773. The molecule has 2 aromatic rings. The summed E-state index contributed by atoms with van der Waals surface area (Å²) in [6.07, 6.45) is 4.51. The summed E-state index contributed by atoms with van der Waals surface area (Å²) in [5.41, 5.74) is 0.967. The molecule has 112 valence electrons. The lowest BCUT2D eigenvalue weighted by molar-refractivity contribution is 0.288. The highest BCUT2D eigenvalue weighted by atomic mass is 79.9. The van der Waals surface area contributed by atoms with Gasteiger partial charge < -0.3 is 10.1 Å². The average molecular weight is 372 g/mol. The summed E-state index contributed by atoms with van der Waals surface area (Å²) >= 11 is 9.32. The van der Waals surface area contributed by atoms with Gasteiger partial charge >= 0.3 is 0 Å². The standard InChI is InChI=1S/C14H16BrClN4O/c15-13-7-10(16)1-4-14(13)21-6-5-20-9-12(18-19-20)8-17-11-2-3-11/h1,4,7,9,11,17H,2-3,5-6,8H2. The van der Waals surface area contributed by atoms with Crippen molar-refractivity contribution in [3.63, 3.8) is 0 Å². The smallest absolute Gasteiger partial charge is 0.133 e. The summed E-state index contributed by atoms with van der Waals surface area (Å²) < 4.78 is 8.35. The van der Waals surface area contributed by atoms with Gasteiger partial charge in [-0.15, -0.1) is 5.10 Å². The number of ether oxygens (including phenoxy) is 1. The minimum absolute atomic E-state index is 0.527. The Kier molecular flexibility index (Phi) is 4.77. The summed E-state index contributed by atoms with van der Waals surface area (Å²) in [4.78, 5) is 0. The number of halogens is 2.